The van der Waals surface area contributed by atoms with Crippen molar-refractivity contribution in [3.8, 4) is 5.75 Å². The van der Waals surface area contributed by atoms with Crippen LogP contribution in [0, 0.1) is 0 Å². The summed E-state index contributed by atoms with van der Waals surface area (Å²) in [5.74, 6) is -0.0914. The van der Waals surface area contributed by atoms with Crippen LogP contribution in [0.1, 0.15) is 12.8 Å². The van der Waals surface area contributed by atoms with E-state index in [2.05, 4.69) is 4.98 Å². The molecule has 98 valence electrons. The van der Waals surface area contributed by atoms with Crippen LogP contribution in [-0.4, -0.2) is 18.3 Å². The minimum Gasteiger partial charge on any atom is -0.497 e. The molecule has 18 heavy (non-hydrogen) atoms. The molecular formula is C11H11F3N2O2. The molecule has 1 aromatic carbocycles. The van der Waals surface area contributed by atoms with Gasteiger partial charge in [-0.15, -0.1) is 0 Å². The molecule has 0 saturated heterocycles. The molecule has 7 heteroatoms. The number of methoxy groups -OCH3 is 1. The van der Waals surface area contributed by atoms with Gasteiger partial charge in [-0.25, -0.2) is 4.98 Å². The number of nitrogens with two attached hydrogens (primary N) is 1. The van der Waals surface area contributed by atoms with Gasteiger partial charge in [0.1, 0.15) is 11.3 Å². The summed E-state index contributed by atoms with van der Waals surface area (Å²) in [6.45, 7) is 0.814. The maximum atomic E-state index is 12.7. The minimum absolute atomic E-state index is 0.228. The summed E-state index contributed by atoms with van der Waals surface area (Å²) in [6, 6.07) is 4.53. The Morgan fingerprint density at radius 3 is 2.56 bits per heavy atom. The van der Waals surface area contributed by atoms with Gasteiger partial charge < -0.3 is 14.9 Å². The van der Waals surface area contributed by atoms with Gasteiger partial charge in [0.2, 0.25) is 5.89 Å². The minimum atomic E-state index is -4.64. The van der Waals surface area contributed by atoms with E-state index >= 15 is 0 Å². The summed E-state index contributed by atoms with van der Waals surface area (Å²) in [5, 5.41) is 0. The van der Waals surface area contributed by atoms with Crippen LogP contribution in [0.4, 0.5) is 13.2 Å². The van der Waals surface area contributed by atoms with Crippen LogP contribution in [0.15, 0.2) is 22.6 Å². The molecule has 0 spiro atoms. The summed E-state index contributed by atoms with van der Waals surface area (Å²) in [5.41, 5.74) is 3.11. The molecule has 2 rings (SSSR count). The number of fused-ring (bicyclic) bond motifs is 1. The highest BCUT2D eigenvalue weighted by Crippen LogP contribution is 2.37. The van der Waals surface area contributed by atoms with E-state index in [-0.39, 0.29) is 11.1 Å². The summed E-state index contributed by atoms with van der Waals surface area (Å²) >= 11 is 0. The number of ether oxygens (including phenoxy) is 1. The van der Waals surface area contributed by atoms with E-state index in [0.29, 0.717) is 5.75 Å². The molecule has 0 aliphatic rings. The third kappa shape index (κ3) is 1.90. The number of halogens is 3. The third-order valence-corrected chi connectivity index (χ3v) is 2.63. The van der Waals surface area contributed by atoms with Crippen LogP contribution >= 0.6 is 0 Å². The molecule has 1 atom stereocenters. The first-order valence-corrected chi connectivity index (χ1v) is 5.06. The number of hydrogen-bond donors (Lipinski definition) is 1. The van der Waals surface area contributed by atoms with Crippen molar-refractivity contribution in [2.45, 2.75) is 18.6 Å². The van der Waals surface area contributed by atoms with E-state index in [4.69, 9.17) is 14.9 Å². The van der Waals surface area contributed by atoms with Crippen molar-refractivity contribution in [1.82, 2.24) is 4.98 Å². The standard InChI is InChI=1S/C11H11F3N2O2/c1-10(15,11(12,13)14)9-16-7-5-6(17-2)3-4-8(7)18-9/h3-5H,15H2,1-2H3. The summed E-state index contributed by atoms with van der Waals surface area (Å²) in [7, 11) is 1.45. The molecule has 1 heterocycles. The SMILES string of the molecule is COc1ccc2oc(C(C)(N)C(F)(F)F)nc2c1. The Balaban J connectivity index is 2.54. The van der Waals surface area contributed by atoms with Gasteiger partial charge in [-0.1, -0.05) is 0 Å². The quantitative estimate of drug-likeness (QED) is 0.901. The Bertz CT molecular complexity index is 575. The van der Waals surface area contributed by atoms with Crippen molar-refractivity contribution in [2.75, 3.05) is 7.11 Å². The van der Waals surface area contributed by atoms with Crippen molar-refractivity contribution >= 4 is 11.1 Å². The number of alkyl halides is 3. The van der Waals surface area contributed by atoms with Crippen LogP contribution in [-0.2, 0) is 5.54 Å². The van der Waals surface area contributed by atoms with E-state index in [1.807, 2.05) is 0 Å². The topological polar surface area (TPSA) is 61.3 Å². The normalized spacial score (nSPS) is 15.7. The molecule has 1 unspecified atom stereocenters. The van der Waals surface area contributed by atoms with Gasteiger partial charge in [0, 0.05) is 6.07 Å². The van der Waals surface area contributed by atoms with Crippen LogP contribution in [0.2, 0.25) is 0 Å². The zero-order valence-corrected chi connectivity index (χ0v) is 9.71. The third-order valence-electron chi connectivity index (χ3n) is 2.63. The molecule has 0 bridgehead atoms. The van der Waals surface area contributed by atoms with Gasteiger partial charge in [-0.3, -0.25) is 0 Å². The molecule has 0 aliphatic heterocycles. The lowest BCUT2D eigenvalue weighted by atomic mass is 10.0. The second-order valence-electron chi connectivity index (χ2n) is 4.05. The van der Waals surface area contributed by atoms with Crippen molar-refractivity contribution in [1.29, 1.82) is 0 Å². The van der Waals surface area contributed by atoms with Gasteiger partial charge in [0.15, 0.2) is 11.1 Å². The predicted molar refractivity (Wildman–Crippen MR) is 58.2 cm³/mol. The predicted octanol–water partition coefficient (Wildman–Crippen LogP) is 2.57. The number of oxazole rings is 1. The fourth-order valence-electron chi connectivity index (χ4n) is 1.38. The Hall–Kier alpha value is -1.76. The lowest BCUT2D eigenvalue weighted by Gasteiger charge is -2.23. The van der Waals surface area contributed by atoms with Crippen LogP contribution in [0.3, 0.4) is 0 Å². The highest BCUT2D eigenvalue weighted by atomic mass is 19.4. The monoisotopic (exact) mass is 260 g/mol. The Morgan fingerprint density at radius 2 is 2.00 bits per heavy atom. The van der Waals surface area contributed by atoms with E-state index in [1.165, 1.54) is 19.2 Å². The van der Waals surface area contributed by atoms with E-state index in [9.17, 15) is 13.2 Å². The highest BCUT2D eigenvalue weighted by Gasteiger charge is 2.53. The average molecular weight is 260 g/mol. The molecular weight excluding hydrogens is 249 g/mol. The Kier molecular flexibility index (Phi) is 2.73. The average Bonchev–Trinajstić information content (AvgIpc) is 2.70. The van der Waals surface area contributed by atoms with E-state index < -0.39 is 17.6 Å². The second-order valence-corrected chi connectivity index (χ2v) is 4.05. The first kappa shape index (κ1) is 12.7. The molecule has 0 radical (unpaired) electrons. The molecule has 2 N–H and O–H groups in total. The number of rotatable bonds is 2. The molecule has 0 saturated carbocycles. The zero-order valence-electron chi connectivity index (χ0n) is 9.71. The second kappa shape index (κ2) is 3.88. The molecule has 0 amide bonds. The van der Waals surface area contributed by atoms with Crippen LogP contribution < -0.4 is 10.5 Å². The first-order chi connectivity index (χ1) is 8.25. The molecule has 2 aromatic rings. The van der Waals surface area contributed by atoms with Crippen molar-refractivity contribution in [2.24, 2.45) is 5.73 Å². The largest absolute Gasteiger partial charge is 0.497 e. The van der Waals surface area contributed by atoms with Gasteiger partial charge in [-0.2, -0.15) is 13.2 Å². The Morgan fingerprint density at radius 1 is 1.33 bits per heavy atom. The van der Waals surface area contributed by atoms with E-state index in [1.54, 1.807) is 6.07 Å². The molecule has 0 fully saturated rings. The number of nitrogens with zero attached hydrogens (tertiary/aromatic N) is 1. The highest BCUT2D eigenvalue weighted by molar-refractivity contribution is 5.74. The van der Waals surface area contributed by atoms with Crippen LogP contribution in [0.5, 0.6) is 5.75 Å². The van der Waals surface area contributed by atoms with Crippen molar-refractivity contribution in [3.05, 3.63) is 24.1 Å². The van der Waals surface area contributed by atoms with Gasteiger partial charge in [0.25, 0.3) is 0 Å². The van der Waals surface area contributed by atoms with Crippen molar-refractivity contribution in [3.63, 3.8) is 0 Å². The van der Waals surface area contributed by atoms with Gasteiger partial charge >= 0.3 is 6.18 Å². The van der Waals surface area contributed by atoms with Gasteiger partial charge in [0.05, 0.1) is 7.11 Å². The zero-order chi connectivity index (χ0) is 13.6. The fraction of sp³-hybridized carbons (Fsp3) is 0.364. The maximum Gasteiger partial charge on any atom is 0.415 e. The fourth-order valence-corrected chi connectivity index (χ4v) is 1.38. The lowest BCUT2D eigenvalue weighted by molar-refractivity contribution is -0.189. The number of hydrogen-bond acceptors (Lipinski definition) is 4. The number of benzene rings is 1. The Labute approximate surface area is 101 Å². The van der Waals surface area contributed by atoms with Gasteiger partial charge in [-0.05, 0) is 19.1 Å². The first-order valence-electron chi connectivity index (χ1n) is 5.06. The van der Waals surface area contributed by atoms with Crippen LogP contribution in [0.25, 0.3) is 11.1 Å². The summed E-state index contributed by atoms with van der Waals surface area (Å²) in [6.07, 6.45) is -4.64. The summed E-state index contributed by atoms with van der Waals surface area (Å²) in [4.78, 5) is 3.77. The molecule has 4 nitrogen and oxygen atoms in total. The molecule has 1 aromatic heterocycles. The molecule has 0 aliphatic carbocycles. The number of aromatic nitrogens is 1. The lowest BCUT2D eigenvalue weighted by Crippen LogP contribution is -2.47. The summed E-state index contributed by atoms with van der Waals surface area (Å²) < 4.78 is 48.2. The van der Waals surface area contributed by atoms with Crippen molar-refractivity contribution < 1.29 is 22.3 Å². The maximum absolute atomic E-state index is 12.7. The smallest absolute Gasteiger partial charge is 0.415 e. The van der Waals surface area contributed by atoms with E-state index in [0.717, 1.165) is 6.92 Å².